The molecule has 0 radical (unpaired) electrons. The molecule has 1 aliphatic rings. The summed E-state index contributed by atoms with van der Waals surface area (Å²) in [5.74, 6) is 0.109. The Kier molecular flexibility index (Phi) is 2.82. The van der Waals surface area contributed by atoms with Crippen molar-refractivity contribution in [1.29, 1.82) is 0 Å². The normalized spacial score (nSPS) is 14.4. The van der Waals surface area contributed by atoms with E-state index in [0.717, 1.165) is 0 Å². The first-order valence-corrected chi connectivity index (χ1v) is 5.97. The van der Waals surface area contributed by atoms with Crippen LogP contribution in [0.1, 0.15) is 5.69 Å². The summed E-state index contributed by atoms with van der Waals surface area (Å²) in [5.41, 5.74) is 6.56. The Morgan fingerprint density at radius 2 is 2.21 bits per heavy atom. The number of hydrogen-bond donors (Lipinski definition) is 1. The highest BCUT2D eigenvalue weighted by molar-refractivity contribution is 9.10. The molecule has 0 saturated heterocycles. The summed E-state index contributed by atoms with van der Waals surface area (Å²) in [6.45, 7) is 0.166. The van der Waals surface area contributed by atoms with Crippen LogP contribution in [-0.4, -0.2) is 22.9 Å². The second-order valence-electron chi connectivity index (χ2n) is 3.70. The summed E-state index contributed by atoms with van der Waals surface area (Å²) < 4.78 is 18.1. The molecule has 0 fully saturated rings. The van der Waals surface area contributed by atoms with Crippen molar-refractivity contribution < 1.29 is 13.9 Å². The van der Waals surface area contributed by atoms with Gasteiger partial charge in [0, 0.05) is 5.69 Å². The second-order valence-corrected chi connectivity index (χ2v) is 4.55. The number of halogens is 2. The number of nitrogen functional groups attached to an aromatic ring is 1. The minimum Gasteiger partial charge on any atom is -0.379 e. The van der Waals surface area contributed by atoms with Crippen molar-refractivity contribution in [2.45, 2.75) is 0 Å². The largest absolute Gasteiger partial charge is 0.379 e. The maximum atomic E-state index is 13.2. The van der Waals surface area contributed by atoms with E-state index in [-0.39, 0.29) is 24.1 Å². The quantitative estimate of drug-likeness (QED) is 0.903. The van der Waals surface area contributed by atoms with E-state index in [4.69, 9.17) is 10.6 Å². The lowest BCUT2D eigenvalue weighted by molar-refractivity contribution is 0.174. The number of rotatable bonds is 2. The van der Waals surface area contributed by atoms with Crippen LogP contribution < -0.4 is 10.6 Å². The maximum Gasteiger partial charge on any atom is 0.208 e. The molecule has 3 rings (SSSR count). The zero-order valence-electron chi connectivity index (χ0n) is 9.38. The van der Waals surface area contributed by atoms with Crippen LogP contribution in [0.2, 0.25) is 0 Å². The summed E-state index contributed by atoms with van der Waals surface area (Å²) in [4.78, 5) is 6.68. The van der Waals surface area contributed by atoms with Crippen LogP contribution in [0.4, 0.5) is 15.9 Å². The van der Waals surface area contributed by atoms with Gasteiger partial charge in [0.2, 0.25) is 5.84 Å². The van der Waals surface area contributed by atoms with Gasteiger partial charge >= 0.3 is 0 Å². The fourth-order valence-corrected chi connectivity index (χ4v) is 2.00. The van der Waals surface area contributed by atoms with Gasteiger partial charge in [-0.25, -0.2) is 9.02 Å². The molecule has 19 heavy (non-hydrogen) atoms. The Labute approximate surface area is 114 Å². The molecule has 0 saturated carbocycles. The second kappa shape index (κ2) is 4.50. The SMILES string of the molecule is Nc1nonc1C1=NOCN1c1ccc(F)c(Br)c1. The number of aromatic nitrogens is 2. The molecular formula is C10H7BrFN5O2. The average molecular weight is 328 g/mol. The van der Waals surface area contributed by atoms with Gasteiger partial charge < -0.3 is 10.6 Å². The van der Waals surface area contributed by atoms with Crippen molar-refractivity contribution in [1.82, 2.24) is 10.3 Å². The average Bonchev–Trinajstić information content (AvgIpc) is 3.00. The zero-order chi connectivity index (χ0) is 13.4. The fourth-order valence-electron chi connectivity index (χ4n) is 1.63. The minimum absolute atomic E-state index is 0.107. The molecule has 9 heteroatoms. The van der Waals surface area contributed by atoms with E-state index in [0.29, 0.717) is 16.0 Å². The lowest BCUT2D eigenvalue weighted by atomic mass is 10.2. The monoisotopic (exact) mass is 327 g/mol. The molecule has 2 N–H and O–H groups in total. The van der Waals surface area contributed by atoms with Crippen molar-refractivity contribution in [3.63, 3.8) is 0 Å². The standard InChI is InChI=1S/C10H7BrFN5O2/c11-6-3-5(1-2-7(6)12)17-4-18-16-10(17)8-9(13)15-19-14-8/h1-3H,4H2,(H2,13,15). The number of nitrogens with two attached hydrogens (primary N) is 1. The first kappa shape index (κ1) is 11.9. The van der Waals surface area contributed by atoms with Gasteiger partial charge in [0.05, 0.1) is 4.47 Å². The third-order valence-corrected chi connectivity index (χ3v) is 3.14. The van der Waals surface area contributed by atoms with Crippen LogP contribution in [0.5, 0.6) is 0 Å². The summed E-state index contributed by atoms with van der Waals surface area (Å²) >= 11 is 3.12. The van der Waals surface area contributed by atoms with Gasteiger partial charge in [-0.1, -0.05) is 5.16 Å². The molecule has 7 nitrogen and oxygen atoms in total. The third-order valence-electron chi connectivity index (χ3n) is 2.53. The number of hydrogen-bond acceptors (Lipinski definition) is 7. The molecule has 98 valence electrons. The van der Waals surface area contributed by atoms with Gasteiger partial charge in [-0.2, -0.15) is 0 Å². The Hall–Kier alpha value is -2.16. The lowest BCUT2D eigenvalue weighted by Gasteiger charge is -2.16. The van der Waals surface area contributed by atoms with Crippen LogP contribution in [0.25, 0.3) is 0 Å². The summed E-state index contributed by atoms with van der Waals surface area (Å²) in [5, 5.41) is 11.0. The molecule has 1 aromatic heterocycles. The Bertz CT molecular complexity index is 659. The van der Waals surface area contributed by atoms with E-state index >= 15 is 0 Å². The van der Waals surface area contributed by atoms with E-state index in [9.17, 15) is 4.39 Å². The predicted octanol–water partition coefficient (Wildman–Crippen LogP) is 1.71. The first-order valence-electron chi connectivity index (χ1n) is 5.18. The van der Waals surface area contributed by atoms with Gasteiger partial charge in [-0.05, 0) is 44.4 Å². The lowest BCUT2D eigenvalue weighted by Crippen LogP contribution is -2.28. The topological polar surface area (TPSA) is 89.8 Å². The highest BCUT2D eigenvalue weighted by atomic mass is 79.9. The number of oxime groups is 1. The highest BCUT2D eigenvalue weighted by Gasteiger charge is 2.27. The predicted molar refractivity (Wildman–Crippen MR) is 67.8 cm³/mol. The Balaban J connectivity index is 1.99. The van der Waals surface area contributed by atoms with Crippen LogP contribution in [-0.2, 0) is 4.84 Å². The highest BCUT2D eigenvalue weighted by Crippen LogP contribution is 2.27. The molecular weight excluding hydrogens is 321 g/mol. The van der Waals surface area contributed by atoms with Crippen LogP contribution in [0.3, 0.4) is 0 Å². The van der Waals surface area contributed by atoms with E-state index in [1.165, 1.54) is 6.07 Å². The molecule has 0 spiro atoms. The molecule has 2 heterocycles. The number of nitrogens with zero attached hydrogens (tertiary/aromatic N) is 4. The number of benzene rings is 1. The minimum atomic E-state index is -0.357. The molecule has 0 aliphatic carbocycles. The maximum absolute atomic E-state index is 13.2. The van der Waals surface area contributed by atoms with E-state index in [1.807, 2.05) is 0 Å². The zero-order valence-corrected chi connectivity index (χ0v) is 11.0. The summed E-state index contributed by atoms with van der Waals surface area (Å²) in [7, 11) is 0. The van der Waals surface area contributed by atoms with Crippen molar-refractivity contribution in [2.75, 3.05) is 17.4 Å². The van der Waals surface area contributed by atoms with Crippen LogP contribution >= 0.6 is 15.9 Å². The molecule has 1 aromatic carbocycles. The van der Waals surface area contributed by atoms with E-state index in [1.54, 1.807) is 17.0 Å². The Morgan fingerprint density at radius 3 is 2.89 bits per heavy atom. The Morgan fingerprint density at radius 1 is 1.37 bits per heavy atom. The van der Waals surface area contributed by atoms with Crippen molar-refractivity contribution in [2.24, 2.45) is 5.16 Å². The number of amidine groups is 1. The summed E-state index contributed by atoms with van der Waals surface area (Å²) in [6, 6.07) is 4.52. The van der Waals surface area contributed by atoms with Gasteiger partial charge in [0.1, 0.15) is 5.82 Å². The molecule has 1 aliphatic heterocycles. The van der Waals surface area contributed by atoms with Crippen molar-refractivity contribution in [3.8, 4) is 0 Å². The van der Waals surface area contributed by atoms with Crippen LogP contribution in [0.15, 0.2) is 32.5 Å². The summed E-state index contributed by atoms with van der Waals surface area (Å²) in [6.07, 6.45) is 0. The fraction of sp³-hybridized carbons (Fsp3) is 0.100. The van der Waals surface area contributed by atoms with Gasteiger partial charge in [0.15, 0.2) is 18.2 Å². The van der Waals surface area contributed by atoms with Gasteiger partial charge in [0.25, 0.3) is 0 Å². The van der Waals surface area contributed by atoms with Gasteiger partial charge in [-0.15, -0.1) is 0 Å². The smallest absolute Gasteiger partial charge is 0.208 e. The third kappa shape index (κ3) is 2.01. The van der Waals surface area contributed by atoms with Crippen molar-refractivity contribution in [3.05, 3.63) is 34.2 Å². The van der Waals surface area contributed by atoms with Gasteiger partial charge in [-0.3, -0.25) is 4.90 Å². The van der Waals surface area contributed by atoms with E-state index in [2.05, 4.69) is 36.0 Å². The van der Waals surface area contributed by atoms with E-state index < -0.39 is 0 Å². The molecule has 0 atom stereocenters. The molecule has 0 unspecified atom stereocenters. The molecule has 0 bridgehead atoms. The van der Waals surface area contributed by atoms with Crippen molar-refractivity contribution >= 4 is 33.3 Å². The number of anilines is 2. The molecule has 2 aromatic rings. The molecule has 0 amide bonds. The van der Waals surface area contributed by atoms with Crippen LogP contribution in [0, 0.1) is 5.82 Å². The first-order chi connectivity index (χ1) is 9.16.